The Bertz CT molecular complexity index is 3590. The highest BCUT2D eigenvalue weighted by atomic mass is 15.2. The SMILES string of the molecule is c1ccc(-c2ccc(N(c3ccc(N(c4ccc(-c5ccccc5)cc4)c4cccc5c4-c4ccccc4C54c5ccccc5-c5ccccc54)cc3)c3cccc(-c4ccccc4)c3)cc2)cc1. The van der Waals surface area contributed by atoms with Crippen molar-refractivity contribution in [3.05, 3.63) is 301 Å². The number of hydrogen-bond donors (Lipinski definition) is 0. The third-order valence-electron chi connectivity index (χ3n) is 14.3. The molecule has 0 heterocycles. The number of hydrogen-bond acceptors (Lipinski definition) is 2. The largest absolute Gasteiger partial charge is 0.310 e. The summed E-state index contributed by atoms with van der Waals surface area (Å²) in [5, 5.41) is 0. The van der Waals surface area contributed by atoms with E-state index < -0.39 is 5.41 Å². The van der Waals surface area contributed by atoms with Crippen LogP contribution in [0.15, 0.2) is 279 Å². The molecule has 0 fully saturated rings. The van der Waals surface area contributed by atoms with E-state index in [-0.39, 0.29) is 0 Å². The maximum Gasteiger partial charge on any atom is 0.0726 e. The molecule has 11 aromatic rings. The van der Waals surface area contributed by atoms with Crippen molar-refractivity contribution >= 4 is 34.1 Å². The first-order valence-corrected chi connectivity index (χ1v) is 23.8. The number of benzene rings is 11. The Hall–Kier alpha value is -8.98. The standard InChI is InChI=1S/C67H46N2/c1-4-18-47(19-5-1)50-34-38-53(39-35-50)68(57-25-16-24-52(46-57)49-22-8-3-9-23-49)54-42-44-56(45-43-54)69(55-40-36-51(37-41-55)48-20-6-2-7-21-48)65-33-17-32-64-66(65)60-28-12-15-31-63(60)67(64)61-29-13-10-26-58(61)59-27-11-14-30-62(59)67/h1-46H. The second kappa shape index (κ2) is 16.7. The molecule has 11 aromatic carbocycles. The molecular formula is C67H46N2. The molecule has 2 aliphatic carbocycles. The van der Waals surface area contributed by atoms with Gasteiger partial charge in [-0.1, -0.05) is 212 Å². The summed E-state index contributed by atoms with van der Waals surface area (Å²) < 4.78 is 0. The summed E-state index contributed by atoms with van der Waals surface area (Å²) in [6, 6.07) is 102. The highest BCUT2D eigenvalue weighted by Crippen LogP contribution is 2.64. The normalized spacial score (nSPS) is 12.5. The topological polar surface area (TPSA) is 6.48 Å². The Kier molecular flexibility index (Phi) is 9.77. The van der Waals surface area contributed by atoms with Crippen LogP contribution in [0.25, 0.3) is 55.6 Å². The fourth-order valence-electron chi connectivity index (χ4n) is 11.3. The van der Waals surface area contributed by atoms with E-state index in [0.717, 1.165) is 34.1 Å². The van der Waals surface area contributed by atoms with Crippen molar-refractivity contribution in [3.8, 4) is 55.6 Å². The van der Waals surface area contributed by atoms with Crippen LogP contribution in [0.1, 0.15) is 22.3 Å². The Morgan fingerprint density at radius 3 is 1.07 bits per heavy atom. The molecule has 0 saturated carbocycles. The lowest BCUT2D eigenvalue weighted by Crippen LogP contribution is -2.26. The third kappa shape index (κ3) is 6.64. The molecule has 2 nitrogen and oxygen atoms in total. The maximum absolute atomic E-state index is 2.47. The Morgan fingerprint density at radius 2 is 0.565 bits per heavy atom. The van der Waals surface area contributed by atoms with Crippen molar-refractivity contribution in [2.75, 3.05) is 9.80 Å². The van der Waals surface area contributed by atoms with E-state index in [1.807, 2.05) is 0 Å². The van der Waals surface area contributed by atoms with Gasteiger partial charge in [0.1, 0.15) is 0 Å². The van der Waals surface area contributed by atoms with E-state index in [0.29, 0.717) is 0 Å². The molecule has 0 amide bonds. The van der Waals surface area contributed by atoms with E-state index in [1.54, 1.807) is 0 Å². The second-order valence-corrected chi connectivity index (χ2v) is 18.0. The van der Waals surface area contributed by atoms with E-state index in [1.165, 1.54) is 77.9 Å². The highest BCUT2D eigenvalue weighted by molar-refractivity contribution is 6.01. The molecule has 0 N–H and O–H groups in total. The zero-order chi connectivity index (χ0) is 45.7. The second-order valence-electron chi connectivity index (χ2n) is 18.0. The first-order valence-electron chi connectivity index (χ1n) is 23.8. The molecule has 13 rings (SSSR count). The van der Waals surface area contributed by atoms with Crippen molar-refractivity contribution in [1.82, 2.24) is 0 Å². The first-order chi connectivity index (χ1) is 34.2. The summed E-state index contributed by atoms with van der Waals surface area (Å²) in [4.78, 5) is 4.84. The van der Waals surface area contributed by atoms with Gasteiger partial charge in [0.05, 0.1) is 11.1 Å². The molecule has 0 unspecified atom stereocenters. The fraction of sp³-hybridized carbons (Fsp3) is 0.0149. The molecular weight excluding hydrogens is 833 g/mol. The summed E-state index contributed by atoms with van der Waals surface area (Å²) in [5.74, 6) is 0. The van der Waals surface area contributed by atoms with E-state index >= 15 is 0 Å². The Morgan fingerprint density at radius 1 is 0.217 bits per heavy atom. The van der Waals surface area contributed by atoms with Crippen molar-refractivity contribution in [2.24, 2.45) is 0 Å². The molecule has 0 aliphatic heterocycles. The number of anilines is 6. The molecule has 69 heavy (non-hydrogen) atoms. The van der Waals surface area contributed by atoms with Crippen LogP contribution < -0.4 is 9.80 Å². The summed E-state index contributed by atoms with van der Waals surface area (Å²) in [6.45, 7) is 0. The van der Waals surface area contributed by atoms with E-state index in [2.05, 4.69) is 289 Å². The molecule has 0 aromatic heterocycles. The molecule has 0 bridgehead atoms. The molecule has 324 valence electrons. The highest BCUT2D eigenvalue weighted by Gasteiger charge is 2.52. The predicted molar refractivity (Wildman–Crippen MR) is 288 cm³/mol. The summed E-state index contributed by atoms with van der Waals surface area (Å²) in [7, 11) is 0. The maximum atomic E-state index is 2.47. The predicted octanol–water partition coefficient (Wildman–Crippen LogP) is 18.0. The molecule has 0 radical (unpaired) electrons. The lowest BCUT2D eigenvalue weighted by atomic mass is 9.70. The lowest BCUT2D eigenvalue weighted by Gasteiger charge is -2.32. The summed E-state index contributed by atoms with van der Waals surface area (Å²) >= 11 is 0. The van der Waals surface area contributed by atoms with Gasteiger partial charge in [-0.25, -0.2) is 0 Å². The quantitative estimate of drug-likeness (QED) is 0.143. The van der Waals surface area contributed by atoms with Gasteiger partial charge in [-0.2, -0.15) is 0 Å². The molecule has 0 atom stereocenters. The van der Waals surface area contributed by atoms with Gasteiger partial charge >= 0.3 is 0 Å². The minimum absolute atomic E-state index is 0.452. The van der Waals surface area contributed by atoms with Crippen LogP contribution in [-0.4, -0.2) is 0 Å². The van der Waals surface area contributed by atoms with Crippen LogP contribution in [0.2, 0.25) is 0 Å². The number of fused-ring (bicyclic) bond motifs is 10. The zero-order valence-corrected chi connectivity index (χ0v) is 38.0. The van der Waals surface area contributed by atoms with Crippen LogP contribution in [0.4, 0.5) is 34.1 Å². The van der Waals surface area contributed by atoms with Crippen LogP contribution in [-0.2, 0) is 5.41 Å². The average Bonchev–Trinajstić information content (AvgIpc) is 3.91. The fourth-order valence-corrected chi connectivity index (χ4v) is 11.3. The average molecular weight is 879 g/mol. The summed E-state index contributed by atoms with van der Waals surface area (Å²) in [5.41, 5.74) is 23.7. The number of rotatable bonds is 9. The molecule has 2 aliphatic rings. The zero-order valence-electron chi connectivity index (χ0n) is 38.0. The van der Waals surface area contributed by atoms with Gasteiger partial charge < -0.3 is 9.80 Å². The lowest BCUT2D eigenvalue weighted by molar-refractivity contribution is 0.794. The van der Waals surface area contributed by atoms with Gasteiger partial charge in [0.25, 0.3) is 0 Å². The van der Waals surface area contributed by atoms with Crippen LogP contribution in [0.3, 0.4) is 0 Å². The van der Waals surface area contributed by atoms with Crippen LogP contribution in [0.5, 0.6) is 0 Å². The minimum Gasteiger partial charge on any atom is -0.310 e. The van der Waals surface area contributed by atoms with Crippen LogP contribution in [0, 0.1) is 0 Å². The van der Waals surface area contributed by atoms with Gasteiger partial charge in [-0.3, -0.25) is 0 Å². The van der Waals surface area contributed by atoms with Crippen LogP contribution >= 0.6 is 0 Å². The molecule has 2 heteroatoms. The smallest absolute Gasteiger partial charge is 0.0726 e. The molecule has 0 saturated heterocycles. The van der Waals surface area contributed by atoms with E-state index in [9.17, 15) is 0 Å². The van der Waals surface area contributed by atoms with Crippen molar-refractivity contribution < 1.29 is 0 Å². The van der Waals surface area contributed by atoms with Gasteiger partial charge in [0.2, 0.25) is 0 Å². The Balaban J connectivity index is 0.986. The minimum atomic E-state index is -0.452. The van der Waals surface area contributed by atoms with Gasteiger partial charge in [0.15, 0.2) is 0 Å². The monoisotopic (exact) mass is 878 g/mol. The third-order valence-corrected chi connectivity index (χ3v) is 14.3. The van der Waals surface area contributed by atoms with Gasteiger partial charge in [-0.05, 0) is 139 Å². The first kappa shape index (κ1) is 40.3. The summed E-state index contributed by atoms with van der Waals surface area (Å²) in [6.07, 6.45) is 0. The van der Waals surface area contributed by atoms with Gasteiger partial charge in [0, 0.05) is 34.0 Å². The van der Waals surface area contributed by atoms with Crippen molar-refractivity contribution in [1.29, 1.82) is 0 Å². The van der Waals surface area contributed by atoms with Gasteiger partial charge in [-0.15, -0.1) is 0 Å². The van der Waals surface area contributed by atoms with E-state index in [4.69, 9.17) is 0 Å². The molecule has 1 spiro atoms. The Labute approximate surface area is 404 Å². The van der Waals surface area contributed by atoms with Crippen molar-refractivity contribution in [3.63, 3.8) is 0 Å². The van der Waals surface area contributed by atoms with Crippen molar-refractivity contribution in [2.45, 2.75) is 5.41 Å². The number of nitrogens with zero attached hydrogens (tertiary/aromatic N) is 2.